The Kier molecular flexibility index (Phi) is 3.69. The number of H-pyrrole nitrogens is 1. The van der Waals surface area contributed by atoms with E-state index < -0.39 is 12.0 Å². The minimum absolute atomic E-state index is 0.191. The molecule has 0 spiro atoms. The van der Waals surface area contributed by atoms with E-state index in [2.05, 4.69) is 16.9 Å². The van der Waals surface area contributed by atoms with Crippen LogP contribution in [0.4, 0.5) is 5.82 Å². The van der Waals surface area contributed by atoms with E-state index in [0.29, 0.717) is 36.4 Å². The molecule has 0 bridgehead atoms. The van der Waals surface area contributed by atoms with Gasteiger partial charge in [0, 0.05) is 18.5 Å². The van der Waals surface area contributed by atoms with Crippen LogP contribution >= 0.6 is 0 Å². The zero-order valence-corrected chi connectivity index (χ0v) is 12.2. The third-order valence-electron chi connectivity index (χ3n) is 4.58. The molecule has 2 fully saturated rings. The van der Waals surface area contributed by atoms with Gasteiger partial charge in [-0.15, -0.1) is 0 Å². The molecule has 2 heterocycles. The summed E-state index contributed by atoms with van der Waals surface area (Å²) in [6.45, 7) is 2.74. The Labute approximate surface area is 123 Å². The standard InChI is InChI=1S/C15H21N3O3/c1-2-9-5-6-18(11(7-9)15(20)21)12-8-13(19)17-14(16-12)10-3-4-10/h8-11H,2-7H2,1H3,(H,20,21)(H,16,17,19). The van der Waals surface area contributed by atoms with Gasteiger partial charge in [0.1, 0.15) is 17.7 Å². The first kappa shape index (κ1) is 14.1. The van der Waals surface area contributed by atoms with Crippen LogP contribution in [0.2, 0.25) is 0 Å². The molecule has 2 unspecified atom stereocenters. The molecule has 2 aliphatic rings. The average molecular weight is 291 g/mol. The van der Waals surface area contributed by atoms with Crippen molar-refractivity contribution in [2.24, 2.45) is 5.92 Å². The number of carboxylic acids is 1. The number of aliphatic carboxylic acids is 1. The molecule has 3 rings (SSSR count). The highest BCUT2D eigenvalue weighted by Crippen LogP contribution is 2.38. The maximum atomic E-state index is 11.8. The van der Waals surface area contributed by atoms with E-state index in [1.54, 1.807) is 4.90 Å². The Morgan fingerprint density at radius 1 is 1.48 bits per heavy atom. The molecular formula is C15H21N3O3. The maximum Gasteiger partial charge on any atom is 0.326 e. The first-order valence-electron chi connectivity index (χ1n) is 7.69. The molecule has 21 heavy (non-hydrogen) atoms. The molecule has 1 aliphatic heterocycles. The summed E-state index contributed by atoms with van der Waals surface area (Å²) in [5.74, 6) is 1.17. The fourth-order valence-electron chi connectivity index (χ4n) is 3.08. The van der Waals surface area contributed by atoms with Crippen molar-refractivity contribution >= 4 is 11.8 Å². The Bertz CT molecular complexity index is 594. The fourth-order valence-corrected chi connectivity index (χ4v) is 3.08. The smallest absolute Gasteiger partial charge is 0.326 e. The highest BCUT2D eigenvalue weighted by molar-refractivity contribution is 5.78. The Balaban J connectivity index is 1.90. The van der Waals surface area contributed by atoms with Gasteiger partial charge in [-0.25, -0.2) is 9.78 Å². The number of hydrogen-bond acceptors (Lipinski definition) is 4. The first-order chi connectivity index (χ1) is 10.1. The molecule has 6 heteroatoms. The molecule has 0 amide bonds. The van der Waals surface area contributed by atoms with Crippen LogP contribution < -0.4 is 10.5 Å². The minimum Gasteiger partial charge on any atom is -0.480 e. The predicted octanol–water partition coefficient (Wildman–Crippen LogP) is 1.73. The van der Waals surface area contributed by atoms with Crippen LogP contribution in [0.15, 0.2) is 10.9 Å². The van der Waals surface area contributed by atoms with Gasteiger partial charge in [-0.1, -0.05) is 13.3 Å². The highest BCUT2D eigenvalue weighted by Gasteiger charge is 2.34. The number of piperidine rings is 1. The second-order valence-corrected chi connectivity index (χ2v) is 6.11. The van der Waals surface area contributed by atoms with Crippen LogP contribution in [0.1, 0.15) is 50.8 Å². The van der Waals surface area contributed by atoms with Crippen LogP contribution in [0.3, 0.4) is 0 Å². The molecule has 2 atom stereocenters. The Morgan fingerprint density at radius 2 is 2.24 bits per heavy atom. The number of hydrogen-bond donors (Lipinski definition) is 2. The molecule has 1 aliphatic carbocycles. The number of aromatic nitrogens is 2. The van der Waals surface area contributed by atoms with E-state index in [0.717, 1.165) is 25.7 Å². The van der Waals surface area contributed by atoms with Crippen molar-refractivity contribution in [1.82, 2.24) is 9.97 Å². The quantitative estimate of drug-likeness (QED) is 0.882. The molecule has 1 saturated heterocycles. The summed E-state index contributed by atoms with van der Waals surface area (Å²) in [5.41, 5.74) is -0.191. The first-order valence-corrected chi connectivity index (χ1v) is 7.69. The van der Waals surface area contributed by atoms with E-state index in [1.807, 2.05) is 0 Å². The zero-order chi connectivity index (χ0) is 15.0. The summed E-state index contributed by atoms with van der Waals surface area (Å²) in [5, 5.41) is 9.49. The lowest BCUT2D eigenvalue weighted by molar-refractivity contribution is -0.139. The van der Waals surface area contributed by atoms with Gasteiger partial charge >= 0.3 is 5.97 Å². The average Bonchev–Trinajstić information content (AvgIpc) is 3.30. The molecule has 1 aromatic rings. The molecule has 0 radical (unpaired) electrons. The van der Waals surface area contributed by atoms with Crippen molar-refractivity contribution < 1.29 is 9.90 Å². The van der Waals surface area contributed by atoms with Crippen LogP contribution in [-0.4, -0.2) is 33.6 Å². The number of carbonyl (C=O) groups is 1. The summed E-state index contributed by atoms with van der Waals surface area (Å²) in [7, 11) is 0. The molecular weight excluding hydrogens is 270 g/mol. The molecule has 114 valence electrons. The number of nitrogens with one attached hydrogen (secondary N) is 1. The van der Waals surface area contributed by atoms with Gasteiger partial charge in [-0.05, 0) is 31.6 Å². The lowest BCUT2D eigenvalue weighted by Crippen LogP contribution is -2.48. The van der Waals surface area contributed by atoms with Crippen LogP contribution in [0.5, 0.6) is 0 Å². The molecule has 1 saturated carbocycles. The highest BCUT2D eigenvalue weighted by atomic mass is 16.4. The van der Waals surface area contributed by atoms with Crippen molar-refractivity contribution in [3.8, 4) is 0 Å². The van der Waals surface area contributed by atoms with Gasteiger partial charge < -0.3 is 15.0 Å². The number of rotatable bonds is 4. The van der Waals surface area contributed by atoms with Crippen molar-refractivity contribution in [2.45, 2.75) is 51.0 Å². The van der Waals surface area contributed by atoms with Crippen LogP contribution in [0.25, 0.3) is 0 Å². The predicted molar refractivity (Wildman–Crippen MR) is 78.6 cm³/mol. The largest absolute Gasteiger partial charge is 0.480 e. The summed E-state index contributed by atoms with van der Waals surface area (Å²) < 4.78 is 0. The number of nitrogens with zero attached hydrogens (tertiary/aromatic N) is 2. The SMILES string of the molecule is CCC1CCN(c2cc(=O)[nH]c(C3CC3)n2)C(C(=O)O)C1. The lowest BCUT2D eigenvalue weighted by Gasteiger charge is -2.37. The van der Waals surface area contributed by atoms with Crippen LogP contribution in [0, 0.1) is 5.92 Å². The van der Waals surface area contributed by atoms with E-state index >= 15 is 0 Å². The summed E-state index contributed by atoms with van der Waals surface area (Å²) in [6, 6.07) is 0.846. The van der Waals surface area contributed by atoms with Gasteiger partial charge in [0.15, 0.2) is 0 Å². The topological polar surface area (TPSA) is 86.3 Å². The third kappa shape index (κ3) is 2.94. The van der Waals surface area contributed by atoms with Gasteiger partial charge in [0.05, 0.1) is 0 Å². The summed E-state index contributed by atoms with van der Waals surface area (Å²) >= 11 is 0. The van der Waals surface area contributed by atoms with Gasteiger partial charge in [-0.2, -0.15) is 0 Å². The van der Waals surface area contributed by atoms with Gasteiger partial charge in [0.2, 0.25) is 0 Å². The molecule has 2 N–H and O–H groups in total. The Hall–Kier alpha value is -1.85. The summed E-state index contributed by atoms with van der Waals surface area (Å²) in [4.78, 5) is 32.4. The molecule has 1 aromatic heterocycles. The van der Waals surface area contributed by atoms with E-state index in [-0.39, 0.29) is 5.56 Å². The normalized spacial score (nSPS) is 25.9. The second kappa shape index (κ2) is 5.50. The fraction of sp³-hybridized carbons (Fsp3) is 0.667. The van der Waals surface area contributed by atoms with Crippen molar-refractivity contribution in [1.29, 1.82) is 0 Å². The van der Waals surface area contributed by atoms with E-state index in [9.17, 15) is 14.7 Å². The lowest BCUT2D eigenvalue weighted by atomic mass is 9.89. The van der Waals surface area contributed by atoms with Gasteiger partial charge in [0.25, 0.3) is 5.56 Å². The monoisotopic (exact) mass is 291 g/mol. The van der Waals surface area contributed by atoms with Crippen molar-refractivity contribution in [3.63, 3.8) is 0 Å². The summed E-state index contributed by atoms with van der Waals surface area (Å²) in [6.07, 6.45) is 4.67. The zero-order valence-electron chi connectivity index (χ0n) is 12.2. The van der Waals surface area contributed by atoms with Crippen molar-refractivity contribution in [2.75, 3.05) is 11.4 Å². The van der Waals surface area contributed by atoms with Gasteiger partial charge in [-0.3, -0.25) is 4.79 Å². The van der Waals surface area contributed by atoms with E-state index in [4.69, 9.17) is 0 Å². The molecule has 0 aromatic carbocycles. The number of carboxylic acid groups (broad SMARTS) is 1. The van der Waals surface area contributed by atoms with E-state index in [1.165, 1.54) is 6.07 Å². The van der Waals surface area contributed by atoms with Crippen LogP contribution in [-0.2, 0) is 4.79 Å². The maximum absolute atomic E-state index is 11.8. The van der Waals surface area contributed by atoms with Crippen molar-refractivity contribution in [3.05, 3.63) is 22.2 Å². The minimum atomic E-state index is -0.830. The Morgan fingerprint density at radius 3 is 2.86 bits per heavy atom. The number of aromatic amines is 1. The number of anilines is 1. The second-order valence-electron chi connectivity index (χ2n) is 6.11. The molecule has 6 nitrogen and oxygen atoms in total. The third-order valence-corrected chi connectivity index (χ3v) is 4.58.